The van der Waals surface area contributed by atoms with E-state index in [0.717, 1.165) is 22.4 Å². The van der Waals surface area contributed by atoms with Crippen molar-refractivity contribution in [2.45, 2.75) is 50.3 Å². The lowest BCUT2D eigenvalue weighted by Crippen LogP contribution is -2.53. The van der Waals surface area contributed by atoms with Gasteiger partial charge in [-0.2, -0.15) is 0 Å². The number of benzene rings is 1. The maximum Gasteiger partial charge on any atom is 0.224 e. The largest absolute Gasteiger partial charge is 0.390 e. The van der Waals surface area contributed by atoms with Crippen molar-refractivity contribution >= 4 is 28.5 Å². The van der Waals surface area contributed by atoms with Gasteiger partial charge in [-0.25, -0.2) is 0 Å². The summed E-state index contributed by atoms with van der Waals surface area (Å²) in [6.45, 7) is 4.44. The molecule has 1 aliphatic heterocycles. The monoisotopic (exact) mass is 426 g/mol. The lowest BCUT2D eigenvalue weighted by Gasteiger charge is -2.37. The summed E-state index contributed by atoms with van der Waals surface area (Å²) in [4.78, 5) is 21.6. The first kappa shape index (κ1) is 20.8. The topological polar surface area (TPSA) is 107 Å². The molecule has 158 valence electrons. The summed E-state index contributed by atoms with van der Waals surface area (Å²) in [7, 11) is 0. The fourth-order valence-corrected chi connectivity index (χ4v) is 5.48. The molecule has 2 heterocycles. The number of aliphatic hydroxyl groups excluding tert-OH is 2. The van der Waals surface area contributed by atoms with Crippen molar-refractivity contribution in [1.82, 2.24) is 10.3 Å². The van der Waals surface area contributed by atoms with Crippen LogP contribution in [0.15, 0.2) is 47.7 Å². The van der Waals surface area contributed by atoms with Crippen LogP contribution in [-0.4, -0.2) is 49.8 Å². The Morgan fingerprint density at radius 2 is 2.00 bits per heavy atom. The van der Waals surface area contributed by atoms with Crippen LogP contribution in [0.4, 0.5) is 5.69 Å². The molecule has 5 atom stereocenters. The number of fused-ring (bicyclic) bond motifs is 1. The number of rotatable bonds is 4. The molecule has 1 aromatic heterocycles. The van der Waals surface area contributed by atoms with Gasteiger partial charge in [-0.15, -0.1) is 0 Å². The zero-order valence-electron chi connectivity index (χ0n) is 16.9. The Hall–Kier alpha value is -2.42. The standard InChI is InChI=1S/C22H26N4O3S/c1-12-6-13(2)8-15(7-12)25-22-26-18-19(28)17(27)9-16(20(18)30-22)21(29)24-11-14-4-3-5-23-10-14/h3-8,10,16-20,27-28H,9,11H2,1-2H3,(H,24,29)(H,25,26). The van der Waals surface area contributed by atoms with Crippen LogP contribution < -0.4 is 10.6 Å². The lowest BCUT2D eigenvalue weighted by molar-refractivity contribution is -0.129. The molecule has 8 heteroatoms. The van der Waals surface area contributed by atoms with Crippen molar-refractivity contribution < 1.29 is 15.0 Å². The summed E-state index contributed by atoms with van der Waals surface area (Å²) >= 11 is 1.46. The van der Waals surface area contributed by atoms with Crippen LogP contribution >= 0.6 is 11.8 Å². The lowest BCUT2D eigenvalue weighted by atomic mass is 9.81. The second-order valence-corrected chi connectivity index (χ2v) is 9.15. The van der Waals surface area contributed by atoms with Gasteiger partial charge in [-0.1, -0.05) is 23.9 Å². The average molecular weight is 427 g/mol. The molecule has 1 fully saturated rings. The Morgan fingerprint density at radius 1 is 1.23 bits per heavy atom. The minimum absolute atomic E-state index is 0.143. The molecule has 7 nitrogen and oxygen atoms in total. The van der Waals surface area contributed by atoms with Crippen LogP contribution in [0.1, 0.15) is 23.1 Å². The first-order valence-corrected chi connectivity index (χ1v) is 10.9. The average Bonchev–Trinajstić information content (AvgIpc) is 3.12. The molecule has 2 aliphatic rings. The van der Waals surface area contributed by atoms with E-state index in [2.05, 4.69) is 26.7 Å². The summed E-state index contributed by atoms with van der Waals surface area (Å²) in [5, 5.41) is 27.5. The van der Waals surface area contributed by atoms with Gasteiger partial charge < -0.3 is 20.8 Å². The quantitative estimate of drug-likeness (QED) is 0.596. The number of amides is 1. The molecule has 1 aromatic carbocycles. The van der Waals surface area contributed by atoms with Crippen LogP contribution in [0.3, 0.4) is 0 Å². The number of thioether (sulfide) groups is 1. The molecule has 5 unspecified atom stereocenters. The summed E-state index contributed by atoms with van der Waals surface area (Å²) in [6.07, 6.45) is 1.64. The number of nitrogens with zero attached hydrogens (tertiary/aromatic N) is 2. The second kappa shape index (κ2) is 8.75. The highest BCUT2D eigenvalue weighted by atomic mass is 32.2. The third kappa shape index (κ3) is 4.50. The minimum Gasteiger partial charge on any atom is -0.390 e. The van der Waals surface area contributed by atoms with E-state index in [1.165, 1.54) is 11.8 Å². The van der Waals surface area contributed by atoms with Crippen LogP contribution in [0.25, 0.3) is 0 Å². The Bertz CT molecular complexity index is 932. The van der Waals surface area contributed by atoms with Crippen molar-refractivity contribution in [3.8, 4) is 0 Å². The number of aryl methyl sites for hydroxylation is 2. The highest BCUT2D eigenvalue weighted by molar-refractivity contribution is 8.15. The maximum absolute atomic E-state index is 12.9. The molecule has 2 aromatic rings. The number of aromatic nitrogens is 1. The molecular weight excluding hydrogens is 400 g/mol. The fourth-order valence-electron chi connectivity index (χ4n) is 4.10. The Morgan fingerprint density at radius 3 is 2.70 bits per heavy atom. The highest BCUT2D eigenvalue weighted by Gasteiger charge is 2.50. The molecule has 1 aliphatic carbocycles. The van der Waals surface area contributed by atoms with Gasteiger partial charge in [0.05, 0.1) is 18.1 Å². The van der Waals surface area contributed by atoms with E-state index in [4.69, 9.17) is 0 Å². The van der Waals surface area contributed by atoms with E-state index in [9.17, 15) is 15.0 Å². The first-order chi connectivity index (χ1) is 14.4. The molecule has 4 N–H and O–H groups in total. The van der Waals surface area contributed by atoms with E-state index in [1.54, 1.807) is 12.4 Å². The predicted octanol–water partition coefficient (Wildman–Crippen LogP) is 2.01. The van der Waals surface area contributed by atoms with Crippen LogP contribution in [-0.2, 0) is 11.3 Å². The third-order valence-corrected chi connectivity index (χ3v) is 6.80. The molecule has 30 heavy (non-hydrogen) atoms. The minimum atomic E-state index is -0.983. The number of amidine groups is 1. The Balaban J connectivity index is 1.47. The van der Waals surface area contributed by atoms with Gasteiger partial charge in [-0.3, -0.25) is 14.8 Å². The predicted molar refractivity (Wildman–Crippen MR) is 118 cm³/mol. The highest BCUT2D eigenvalue weighted by Crippen LogP contribution is 2.41. The molecular formula is C22H26N4O3S. The van der Waals surface area contributed by atoms with E-state index >= 15 is 0 Å². The molecule has 4 rings (SSSR count). The van der Waals surface area contributed by atoms with E-state index in [0.29, 0.717) is 11.7 Å². The summed E-state index contributed by atoms with van der Waals surface area (Å²) in [5.74, 6) is -0.590. The van der Waals surface area contributed by atoms with Crippen LogP contribution in [0.5, 0.6) is 0 Å². The van der Waals surface area contributed by atoms with Crippen molar-refractivity contribution in [3.05, 3.63) is 59.4 Å². The number of hydrogen-bond acceptors (Lipinski definition) is 7. The van der Waals surface area contributed by atoms with E-state index in [-0.39, 0.29) is 17.6 Å². The van der Waals surface area contributed by atoms with E-state index < -0.39 is 24.2 Å². The van der Waals surface area contributed by atoms with Gasteiger partial charge in [0.1, 0.15) is 6.10 Å². The summed E-state index contributed by atoms with van der Waals surface area (Å²) < 4.78 is 0. The SMILES string of the molecule is Cc1cc(C)cc(NC2=NC3C(O)C(O)CC(C(=O)NCc4cccnc4)C3S2)c1. The zero-order valence-corrected chi connectivity index (χ0v) is 17.8. The fraction of sp³-hybridized carbons (Fsp3) is 0.409. The molecule has 0 radical (unpaired) electrons. The first-order valence-electron chi connectivity index (χ1n) is 10.0. The number of carbonyl (C=O) groups excluding carboxylic acids is 1. The van der Waals surface area contributed by atoms with Crippen molar-refractivity contribution in [3.63, 3.8) is 0 Å². The van der Waals surface area contributed by atoms with Crippen LogP contribution in [0.2, 0.25) is 0 Å². The Kier molecular flexibility index (Phi) is 6.08. The molecule has 0 saturated heterocycles. The third-order valence-electron chi connectivity index (χ3n) is 5.49. The molecule has 1 amide bonds. The smallest absolute Gasteiger partial charge is 0.224 e. The zero-order chi connectivity index (χ0) is 21.3. The van der Waals surface area contributed by atoms with Gasteiger partial charge in [0, 0.05) is 29.9 Å². The van der Waals surface area contributed by atoms with Crippen LogP contribution in [0, 0.1) is 19.8 Å². The van der Waals surface area contributed by atoms with Crippen molar-refractivity contribution in [2.24, 2.45) is 10.9 Å². The van der Waals surface area contributed by atoms with Gasteiger partial charge in [0.25, 0.3) is 0 Å². The van der Waals surface area contributed by atoms with Gasteiger partial charge in [-0.05, 0) is 55.2 Å². The van der Waals surface area contributed by atoms with Gasteiger partial charge >= 0.3 is 0 Å². The van der Waals surface area contributed by atoms with Gasteiger partial charge in [0.15, 0.2) is 5.17 Å². The number of pyridine rings is 1. The summed E-state index contributed by atoms with van der Waals surface area (Å²) in [5.41, 5.74) is 4.11. The molecule has 0 spiro atoms. The number of hydrogen-bond donors (Lipinski definition) is 4. The number of nitrogens with one attached hydrogen (secondary N) is 2. The number of aliphatic imine (C=N–C) groups is 1. The van der Waals surface area contributed by atoms with E-state index in [1.807, 2.05) is 38.1 Å². The Labute approximate surface area is 180 Å². The van der Waals surface area contributed by atoms with Crippen molar-refractivity contribution in [2.75, 3.05) is 5.32 Å². The second-order valence-electron chi connectivity index (χ2n) is 7.99. The maximum atomic E-state index is 12.9. The molecule has 0 bridgehead atoms. The number of aliphatic hydroxyl groups is 2. The normalized spacial score (nSPS) is 27.9. The summed E-state index contributed by atoms with van der Waals surface area (Å²) in [6, 6.07) is 9.35. The number of anilines is 1. The molecule has 1 saturated carbocycles. The van der Waals surface area contributed by atoms with Crippen molar-refractivity contribution in [1.29, 1.82) is 0 Å². The van der Waals surface area contributed by atoms with Gasteiger partial charge in [0.2, 0.25) is 5.91 Å². The number of carbonyl (C=O) groups is 1.